The van der Waals surface area contributed by atoms with Crippen molar-refractivity contribution in [3.8, 4) is 11.8 Å². The summed E-state index contributed by atoms with van der Waals surface area (Å²) in [6.07, 6.45) is 1.41. The topological polar surface area (TPSA) is 82.5 Å². The molecule has 2 rings (SSSR count). The Morgan fingerprint density at radius 3 is 2.55 bits per heavy atom. The third-order valence-corrected chi connectivity index (χ3v) is 4.62. The van der Waals surface area contributed by atoms with Gasteiger partial charge in [-0.15, -0.1) is 11.3 Å². The Labute approximate surface area is 123 Å². The third kappa shape index (κ3) is 3.00. The predicted molar refractivity (Wildman–Crippen MR) is 81.3 cm³/mol. The van der Waals surface area contributed by atoms with Crippen LogP contribution in [-0.2, 0) is 0 Å². The second kappa shape index (κ2) is 5.51. The van der Waals surface area contributed by atoms with E-state index in [9.17, 15) is 5.11 Å². The Balaban J connectivity index is 2.29. The summed E-state index contributed by atoms with van der Waals surface area (Å²) in [5.41, 5.74) is 5.84. The minimum absolute atomic E-state index is 0.00471. The molecule has 0 spiro atoms. The van der Waals surface area contributed by atoms with Gasteiger partial charge in [0.05, 0.1) is 11.7 Å². The zero-order valence-corrected chi connectivity index (χ0v) is 13.0. The first-order chi connectivity index (χ1) is 9.34. The fourth-order valence-electron chi connectivity index (χ4n) is 2.25. The van der Waals surface area contributed by atoms with Crippen molar-refractivity contribution >= 4 is 22.0 Å². The van der Waals surface area contributed by atoms with Crippen LogP contribution in [0.5, 0.6) is 5.75 Å². The lowest BCUT2D eigenvalue weighted by molar-refractivity contribution is 0.0351. The maximum atomic E-state index is 10.0. The molecule has 20 heavy (non-hydrogen) atoms. The molecule has 1 aromatic rings. The predicted octanol–water partition coefficient (Wildman–Crippen LogP) is 2.34. The van der Waals surface area contributed by atoms with Crippen molar-refractivity contribution in [1.29, 1.82) is 5.26 Å². The van der Waals surface area contributed by atoms with E-state index < -0.39 is 5.60 Å². The number of nitriles is 1. The van der Waals surface area contributed by atoms with Crippen molar-refractivity contribution in [1.82, 2.24) is 0 Å². The van der Waals surface area contributed by atoms with Gasteiger partial charge >= 0.3 is 0 Å². The van der Waals surface area contributed by atoms with Crippen molar-refractivity contribution in [3.05, 3.63) is 4.88 Å². The van der Waals surface area contributed by atoms with Gasteiger partial charge in [-0.3, -0.25) is 0 Å². The first-order valence-corrected chi connectivity index (χ1v) is 7.62. The van der Waals surface area contributed by atoms with Crippen LogP contribution in [-0.4, -0.2) is 29.9 Å². The normalized spacial score (nSPS) is 18.1. The van der Waals surface area contributed by atoms with Gasteiger partial charge in [0, 0.05) is 13.1 Å². The van der Waals surface area contributed by atoms with Crippen molar-refractivity contribution in [2.75, 3.05) is 23.7 Å². The smallest absolute Gasteiger partial charge is 0.178 e. The highest BCUT2D eigenvalue weighted by Gasteiger charge is 2.31. The lowest BCUT2D eigenvalue weighted by Crippen LogP contribution is -2.42. The SMILES string of the molecule is CC(C)Oc1c(N2CCC(C)(O)CC2)sc(C#N)c1N. The van der Waals surface area contributed by atoms with E-state index in [1.807, 2.05) is 20.8 Å². The van der Waals surface area contributed by atoms with Crippen LogP contribution in [0.15, 0.2) is 0 Å². The van der Waals surface area contributed by atoms with Gasteiger partial charge in [-0.1, -0.05) is 0 Å². The van der Waals surface area contributed by atoms with E-state index in [4.69, 9.17) is 15.7 Å². The lowest BCUT2D eigenvalue weighted by atomic mass is 9.94. The lowest BCUT2D eigenvalue weighted by Gasteiger charge is -2.36. The summed E-state index contributed by atoms with van der Waals surface area (Å²) in [5.74, 6) is 0.614. The van der Waals surface area contributed by atoms with Gasteiger partial charge in [-0.25, -0.2) is 0 Å². The molecule has 1 aliphatic heterocycles. The Bertz CT molecular complexity index is 521. The number of ether oxygens (including phenoxy) is 1. The molecule has 0 bridgehead atoms. The molecule has 1 saturated heterocycles. The number of hydrogen-bond donors (Lipinski definition) is 2. The van der Waals surface area contributed by atoms with E-state index in [1.165, 1.54) is 11.3 Å². The minimum Gasteiger partial charge on any atom is -0.486 e. The van der Waals surface area contributed by atoms with Gasteiger partial charge in [0.2, 0.25) is 0 Å². The Kier molecular flexibility index (Phi) is 4.11. The van der Waals surface area contributed by atoms with Gasteiger partial charge in [-0.2, -0.15) is 5.26 Å². The molecule has 1 fully saturated rings. The minimum atomic E-state index is -0.601. The number of piperidine rings is 1. The number of aliphatic hydroxyl groups is 1. The molecule has 2 heterocycles. The van der Waals surface area contributed by atoms with Crippen molar-refractivity contribution < 1.29 is 9.84 Å². The van der Waals surface area contributed by atoms with Crippen LogP contribution in [0.4, 0.5) is 10.7 Å². The standard InChI is InChI=1S/C14H21N3O2S/c1-9(2)19-12-11(16)10(8-15)20-13(12)17-6-4-14(3,18)5-7-17/h9,18H,4-7,16H2,1-3H3. The zero-order chi connectivity index (χ0) is 14.9. The molecule has 6 heteroatoms. The van der Waals surface area contributed by atoms with Crippen LogP contribution in [0.1, 0.15) is 38.5 Å². The molecular weight excluding hydrogens is 274 g/mol. The van der Waals surface area contributed by atoms with Gasteiger partial charge in [0.25, 0.3) is 0 Å². The summed E-state index contributed by atoms with van der Waals surface area (Å²) >= 11 is 1.37. The number of rotatable bonds is 3. The largest absolute Gasteiger partial charge is 0.486 e. The maximum Gasteiger partial charge on any atom is 0.178 e. The van der Waals surface area contributed by atoms with Gasteiger partial charge in [-0.05, 0) is 33.6 Å². The maximum absolute atomic E-state index is 10.0. The number of anilines is 2. The van der Waals surface area contributed by atoms with Gasteiger partial charge < -0.3 is 20.5 Å². The molecule has 110 valence electrons. The highest BCUT2D eigenvalue weighted by atomic mass is 32.1. The fourth-order valence-corrected chi connectivity index (χ4v) is 3.25. The molecule has 0 amide bonds. The number of hydrogen-bond acceptors (Lipinski definition) is 6. The first-order valence-electron chi connectivity index (χ1n) is 6.80. The first kappa shape index (κ1) is 14.9. The van der Waals surface area contributed by atoms with Crippen LogP contribution >= 0.6 is 11.3 Å². The highest BCUT2D eigenvalue weighted by molar-refractivity contribution is 7.17. The Morgan fingerprint density at radius 2 is 2.05 bits per heavy atom. The molecule has 0 aliphatic carbocycles. The van der Waals surface area contributed by atoms with E-state index in [-0.39, 0.29) is 6.10 Å². The molecule has 1 aliphatic rings. The molecule has 3 N–H and O–H groups in total. The molecule has 5 nitrogen and oxygen atoms in total. The summed E-state index contributed by atoms with van der Waals surface area (Å²) in [5, 5.41) is 20.1. The van der Waals surface area contributed by atoms with E-state index in [0.717, 1.165) is 18.1 Å². The fraction of sp³-hybridized carbons (Fsp3) is 0.643. The number of nitrogen functional groups attached to an aromatic ring is 1. The number of thiophene rings is 1. The zero-order valence-electron chi connectivity index (χ0n) is 12.1. The molecule has 0 unspecified atom stereocenters. The number of nitrogens with zero attached hydrogens (tertiary/aromatic N) is 2. The van der Waals surface area contributed by atoms with Crippen molar-refractivity contribution in [2.24, 2.45) is 0 Å². The van der Waals surface area contributed by atoms with E-state index in [0.29, 0.717) is 29.2 Å². The average Bonchev–Trinajstić information content (AvgIpc) is 2.66. The molecule has 0 saturated carbocycles. The number of nitrogens with two attached hydrogens (primary N) is 1. The summed E-state index contributed by atoms with van der Waals surface area (Å²) in [7, 11) is 0. The molecule has 0 atom stereocenters. The monoisotopic (exact) mass is 295 g/mol. The van der Waals surface area contributed by atoms with Crippen LogP contribution in [0, 0.1) is 11.3 Å². The summed E-state index contributed by atoms with van der Waals surface area (Å²) in [6.45, 7) is 7.22. The van der Waals surface area contributed by atoms with Crippen molar-refractivity contribution in [2.45, 2.75) is 45.3 Å². The molecular formula is C14H21N3O2S. The van der Waals surface area contributed by atoms with E-state index in [2.05, 4.69) is 11.0 Å². The van der Waals surface area contributed by atoms with Crippen LogP contribution < -0.4 is 15.4 Å². The molecule has 1 aromatic heterocycles. The highest BCUT2D eigenvalue weighted by Crippen LogP contribution is 2.46. The average molecular weight is 295 g/mol. The second-order valence-corrected chi connectivity index (χ2v) is 6.74. The molecule has 0 radical (unpaired) electrons. The Hall–Kier alpha value is -1.45. The van der Waals surface area contributed by atoms with Crippen molar-refractivity contribution in [3.63, 3.8) is 0 Å². The third-order valence-electron chi connectivity index (χ3n) is 3.47. The summed E-state index contributed by atoms with van der Waals surface area (Å²) < 4.78 is 5.79. The van der Waals surface area contributed by atoms with Gasteiger partial charge in [0.1, 0.15) is 21.6 Å². The van der Waals surface area contributed by atoms with E-state index in [1.54, 1.807) is 0 Å². The summed E-state index contributed by atoms with van der Waals surface area (Å²) in [6, 6.07) is 2.12. The van der Waals surface area contributed by atoms with E-state index >= 15 is 0 Å². The van der Waals surface area contributed by atoms with Gasteiger partial charge in [0.15, 0.2) is 5.75 Å². The Morgan fingerprint density at radius 1 is 1.45 bits per heavy atom. The van der Waals surface area contributed by atoms with Crippen LogP contribution in [0.25, 0.3) is 0 Å². The quantitative estimate of drug-likeness (QED) is 0.894. The molecule has 0 aromatic carbocycles. The second-order valence-electron chi connectivity index (χ2n) is 5.74. The van der Waals surface area contributed by atoms with Crippen LogP contribution in [0.3, 0.4) is 0 Å². The summed E-state index contributed by atoms with van der Waals surface area (Å²) in [4.78, 5) is 2.64. The van der Waals surface area contributed by atoms with Crippen LogP contribution in [0.2, 0.25) is 0 Å².